The summed E-state index contributed by atoms with van der Waals surface area (Å²) in [5.74, 6) is 1.24. The van der Waals surface area contributed by atoms with Gasteiger partial charge < -0.3 is 14.8 Å². The third-order valence-electron chi connectivity index (χ3n) is 5.49. The average Bonchev–Trinajstić information content (AvgIpc) is 2.78. The van der Waals surface area contributed by atoms with Crippen molar-refractivity contribution < 1.29 is 14.3 Å². The summed E-state index contributed by atoms with van der Waals surface area (Å²) in [7, 11) is 1.36. The molecule has 0 saturated heterocycles. The zero-order valence-corrected chi connectivity index (χ0v) is 17.1. The predicted octanol–water partition coefficient (Wildman–Crippen LogP) is 5.04. The highest BCUT2D eigenvalue weighted by molar-refractivity contribution is 6.14. The van der Waals surface area contributed by atoms with E-state index in [1.165, 1.54) is 39.2 Å². The molecule has 5 heteroatoms. The lowest BCUT2D eigenvalue weighted by Crippen LogP contribution is -2.17. The molecule has 3 rings (SSSR count). The molecular formula is C24H30N2O3. The molecule has 0 atom stereocenters. The van der Waals surface area contributed by atoms with Gasteiger partial charge in [-0.15, -0.1) is 0 Å². The SMILES string of the molecule is COC(=O)CNc1ccccc1C(=N)c1cccc(OCCC2CCCCC2)c1. The molecule has 2 N–H and O–H groups in total. The normalized spacial score (nSPS) is 14.2. The zero-order chi connectivity index (χ0) is 20.5. The first-order chi connectivity index (χ1) is 14.2. The van der Waals surface area contributed by atoms with E-state index in [-0.39, 0.29) is 12.5 Å². The Hall–Kier alpha value is -2.82. The van der Waals surface area contributed by atoms with E-state index in [2.05, 4.69) is 10.1 Å². The lowest BCUT2D eigenvalue weighted by atomic mass is 9.87. The van der Waals surface area contributed by atoms with Crippen LogP contribution in [0.15, 0.2) is 48.5 Å². The van der Waals surface area contributed by atoms with Gasteiger partial charge in [0.05, 0.1) is 19.4 Å². The predicted molar refractivity (Wildman–Crippen MR) is 116 cm³/mol. The van der Waals surface area contributed by atoms with Crippen LogP contribution in [-0.4, -0.2) is 31.9 Å². The molecule has 0 heterocycles. The third kappa shape index (κ3) is 6.08. The Morgan fingerprint density at radius 2 is 1.90 bits per heavy atom. The van der Waals surface area contributed by atoms with Gasteiger partial charge in [-0.1, -0.05) is 62.4 Å². The second-order valence-corrected chi connectivity index (χ2v) is 7.52. The molecule has 0 spiro atoms. The first-order valence-corrected chi connectivity index (χ1v) is 10.4. The molecule has 0 bridgehead atoms. The number of rotatable bonds is 9. The van der Waals surface area contributed by atoms with Crippen molar-refractivity contribution in [2.45, 2.75) is 38.5 Å². The average molecular weight is 395 g/mol. The van der Waals surface area contributed by atoms with Gasteiger partial charge >= 0.3 is 5.97 Å². The van der Waals surface area contributed by atoms with E-state index < -0.39 is 0 Å². The van der Waals surface area contributed by atoms with Gasteiger partial charge in [0.1, 0.15) is 12.3 Å². The molecule has 0 aliphatic heterocycles. The van der Waals surface area contributed by atoms with Crippen molar-refractivity contribution in [3.63, 3.8) is 0 Å². The maximum absolute atomic E-state index is 11.4. The summed E-state index contributed by atoms with van der Waals surface area (Å²) in [6, 6.07) is 15.2. The standard InChI is InChI=1S/C24H30N2O3/c1-28-23(27)17-26-22-13-6-5-12-21(22)24(25)19-10-7-11-20(16-19)29-15-14-18-8-3-2-4-9-18/h5-7,10-13,16,18,25-26H,2-4,8-9,14-15,17H2,1H3. The maximum Gasteiger partial charge on any atom is 0.325 e. The summed E-state index contributed by atoms with van der Waals surface area (Å²) in [6.07, 6.45) is 7.81. The Labute approximate surface area is 172 Å². The van der Waals surface area contributed by atoms with Crippen LogP contribution in [0.1, 0.15) is 49.7 Å². The molecule has 2 aromatic carbocycles. The minimum absolute atomic E-state index is 0.0606. The van der Waals surface area contributed by atoms with Crippen LogP contribution >= 0.6 is 0 Å². The number of methoxy groups -OCH3 is 1. The number of anilines is 1. The first-order valence-electron chi connectivity index (χ1n) is 10.4. The molecule has 154 valence electrons. The van der Waals surface area contributed by atoms with E-state index in [1.807, 2.05) is 48.5 Å². The van der Waals surface area contributed by atoms with E-state index >= 15 is 0 Å². The second-order valence-electron chi connectivity index (χ2n) is 7.52. The van der Waals surface area contributed by atoms with E-state index in [4.69, 9.17) is 10.1 Å². The molecule has 2 aromatic rings. The molecule has 1 aliphatic rings. The quantitative estimate of drug-likeness (QED) is 0.462. The Morgan fingerprint density at radius 3 is 2.69 bits per heavy atom. The molecule has 0 unspecified atom stereocenters. The van der Waals surface area contributed by atoms with Crippen LogP contribution in [-0.2, 0) is 9.53 Å². The summed E-state index contributed by atoms with van der Waals surface area (Å²) in [5, 5.41) is 11.7. The van der Waals surface area contributed by atoms with Crippen LogP contribution in [0.2, 0.25) is 0 Å². The number of esters is 1. The molecular weight excluding hydrogens is 364 g/mol. The van der Waals surface area contributed by atoms with Crippen LogP contribution in [0.4, 0.5) is 5.69 Å². The van der Waals surface area contributed by atoms with Crippen LogP contribution in [0.5, 0.6) is 5.75 Å². The molecule has 29 heavy (non-hydrogen) atoms. The maximum atomic E-state index is 11.4. The number of benzene rings is 2. The van der Waals surface area contributed by atoms with Crippen LogP contribution in [0.25, 0.3) is 0 Å². The Kier molecular flexibility index (Phi) is 7.68. The highest BCUT2D eigenvalue weighted by Crippen LogP contribution is 2.27. The molecule has 0 radical (unpaired) electrons. The number of ether oxygens (including phenoxy) is 2. The zero-order valence-electron chi connectivity index (χ0n) is 17.1. The first kappa shape index (κ1) is 20.9. The second kappa shape index (κ2) is 10.6. The van der Waals surface area contributed by atoms with E-state index in [1.54, 1.807) is 0 Å². The highest BCUT2D eigenvalue weighted by Gasteiger charge is 2.14. The minimum atomic E-state index is -0.348. The van der Waals surface area contributed by atoms with Gasteiger partial charge in [0.2, 0.25) is 0 Å². The number of hydrogen-bond acceptors (Lipinski definition) is 5. The van der Waals surface area contributed by atoms with Crippen molar-refractivity contribution in [3.8, 4) is 5.75 Å². The van der Waals surface area contributed by atoms with Crippen molar-refractivity contribution in [3.05, 3.63) is 59.7 Å². The van der Waals surface area contributed by atoms with E-state index in [0.29, 0.717) is 5.71 Å². The largest absolute Gasteiger partial charge is 0.494 e. The topological polar surface area (TPSA) is 71.4 Å². The Morgan fingerprint density at radius 1 is 1.10 bits per heavy atom. The monoisotopic (exact) mass is 394 g/mol. The molecule has 1 saturated carbocycles. The van der Waals surface area contributed by atoms with E-state index in [9.17, 15) is 4.79 Å². The van der Waals surface area contributed by atoms with Crippen LogP contribution in [0, 0.1) is 11.3 Å². The van der Waals surface area contributed by atoms with Gasteiger partial charge in [-0.2, -0.15) is 0 Å². The van der Waals surface area contributed by atoms with Crippen molar-refractivity contribution in [1.29, 1.82) is 5.41 Å². The van der Waals surface area contributed by atoms with Gasteiger partial charge in [0, 0.05) is 16.8 Å². The van der Waals surface area contributed by atoms with Gasteiger partial charge in [0.25, 0.3) is 0 Å². The summed E-state index contributed by atoms with van der Waals surface area (Å²) >= 11 is 0. The molecule has 0 aromatic heterocycles. The van der Waals surface area contributed by atoms with Crippen molar-refractivity contribution in [2.24, 2.45) is 5.92 Å². The van der Waals surface area contributed by atoms with Crippen molar-refractivity contribution in [1.82, 2.24) is 0 Å². The van der Waals surface area contributed by atoms with Gasteiger partial charge in [-0.3, -0.25) is 10.2 Å². The summed E-state index contributed by atoms with van der Waals surface area (Å²) in [5.41, 5.74) is 2.63. The number of carbonyl (C=O) groups is 1. The molecule has 0 amide bonds. The van der Waals surface area contributed by atoms with Crippen LogP contribution in [0.3, 0.4) is 0 Å². The molecule has 1 aliphatic carbocycles. The fraction of sp³-hybridized carbons (Fsp3) is 0.417. The third-order valence-corrected chi connectivity index (χ3v) is 5.49. The van der Waals surface area contributed by atoms with Gasteiger partial charge in [-0.05, 0) is 30.5 Å². The lowest BCUT2D eigenvalue weighted by molar-refractivity contribution is -0.138. The number of hydrogen-bond donors (Lipinski definition) is 2. The number of para-hydroxylation sites is 1. The van der Waals surface area contributed by atoms with Crippen molar-refractivity contribution in [2.75, 3.05) is 25.6 Å². The van der Waals surface area contributed by atoms with E-state index in [0.717, 1.165) is 41.5 Å². The molecule has 5 nitrogen and oxygen atoms in total. The summed E-state index contributed by atoms with van der Waals surface area (Å²) in [4.78, 5) is 11.4. The lowest BCUT2D eigenvalue weighted by Gasteiger charge is -2.21. The highest BCUT2D eigenvalue weighted by atomic mass is 16.5. The smallest absolute Gasteiger partial charge is 0.325 e. The Bertz CT molecular complexity index is 828. The Balaban J connectivity index is 1.64. The summed E-state index contributed by atoms with van der Waals surface area (Å²) < 4.78 is 10.7. The number of carbonyl (C=O) groups excluding carboxylic acids is 1. The molecule has 1 fully saturated rings. The fourth-order valence-corrected chi connectivity index (χ4v) is 3.81. The van der Waals surface area contributed by atoms with Gasteiger partial charge in [-0.25, -0.2) is 0 Å². The number of nitrogens with one attached hydrogen (secondary N) is 2. The summed E-state index contributed by atoms with van der Waals surface area (Å²) in [6.45, 7) is 0.782. The minimum Gasteiger partial charge on any atom is -0.494 e. The van der Waals surface area contributed by atoms with Crippen LogP contribution < -0.4 is 10.1 Å². The fourth-order valence-electron chi connectivity index (χ4n) is 3.81. The van der Waals surface area contributed by atoms with Crippen molar-refractivity contribution >= 4 is 17.4 Å². The van der Waals surface area contributed by atoms with Gasteiger partial charge in [0.15, 0.2) is 0 Å².